The molecule has 0 aromatic carbocycles. The molecule has 0 aliphatic carbocycles. The molecule has 0 unspecified atom stereocenters. The Morgan fingerprint density at radius 2 is 1.86 bits per heavy atom. The molecule has 0 radical (unpaired) electrons. The highest BCUT2D eigenvalue weighted by atomic mass is 15.2. The lowest BCUT2D eigenvalue weighted by atomic mass is 10.2. The molecular formula is C16H32N6. The standard InChI is InChI=1S/C16H32N6/c1-13(2)22(14(3)4)10-9-19-16(17-5)18-8-7-15-11-20-21(6)12-15/h11-14H,7-10H2,1-6H3,(H2,17,18,19). The lowest BCUT2D eigenvalue weighted by molar-refractivity contribution is 0.178. The highest BCUT2D eigenvalue weighted by Crippen LogP contribution is 2.03. The van der Waals surface area contributed by atoms with Gasteiger partial charge in [-0.3, -0.25) is 14.6 Å². The van der Waals surface area contributed by atoms with Gasteiger partial charge in [-0.05, 0) is 39.7 Å². The third-order valence-corrected chi connectivity index (χ3v) is 3.68. The van der Waals surface area contributed by atoms with Crippen LogP contribution < -0.4 is 10.6 Å². The van der Waals surface area contributed by atoms with Crippen molar-refractivity contribution in [2.45, 2.75) is 46.2 Å². The molecule has 1 rings (SSSR count). The van der Waals surface area contributed by atoms with Crippen molar-refractivity contribution in [3.63, 3.8) is 0 Å². The summed E-state index contributed by atoms with van der Waals surface area (Å²) in [5, 5.41) is 10.9. The Kier molecular flexibility index (Phi) is 7.95. The van der Waals surface area contributed by atoms with Crippen LogP contribution in [0.4, 0.5) is 0 Å². The van der Waals surface area contributed by atoms with E-state index in [0.717, 1.165) is 32.0 Å². The number of rotatable bonds is 8. The maximum absolute atomic E-state index is 4.27. The van der Waals surface area contributed by atoms with Gasteiger partial charge in [0.05, 0.1) is 6.20 Å². The van der Waals surface area contributed by atoms with Crippen molar-refractivity contribution >= 4 is 5.96 Å². The maximum Gasteiger partial charge on any atom is 0.191 e. The second-order valence-electron chi connectivity index (χ2n) is 6.12. The van der Waals surface area contributed by atoms with Crippen LogP contribution in [0, 0.1) is 0 Å². The van der Waals surface area contributed by atoms with Crippen LogP contribution in [0.2, 0.25) is 0 Å². The summed E-state index contributed by atoms with van der Waals surface area (Å²) in [4.78, 5) is 6.73. The molecule has 0 amide bonds. The summed E-state index contributed by atoms with van der Waals surface area (Å²) in [5.74, 6) is 0.858. The van der Waals surface area contributed by atoms with Gasteiger partial charge < -0.3 is 10.6 Å². The van der Waals surface area contributed by atoms with Gasteiger partial charge in [0, 0.05) is 52.0 Å². The average molecular weight is 308 g/mol. The van der Waals surface area contributed by atoms with Crippen molar-refractivity contribution in [3.8, 4) is 0 Å². The van der Waals surface area contributed by atoms with E-state index in [0.29, 0.717) is 12.1 Å². The summed E-state index contributed by atoms with van der Waals surface area (Å²) in [6, 6.07) is 1.12. The Morgan fingerprint density at radius 3 is 2.36 bits per heavy atom. The fraction of sp³-hybridized carbons (Fsp3) is 0.750. The number of aryl methyl sites for hydroxylation is 1. The Morgan fingerprint density at radius 1 is 1.23 bits per heavy atom. The molecular weight excluding hydrogens is 276 g/mol. The summed E-state index contributed by atoms with van der Waals surface area (Å²) in [5.41, 5.74) is 1.23. The van der Waals surface area contributed by atoms with E-state index in [9.17, 15) is 0 Å². The SMILES string of the molecule is CN=C(NCCc1cnn(C)c1)NCCN(C(C)C)C(C)C. The number of nitrogens with one attached hydrogen (secondary N) is 2. The lowest BCUT2D eigenvalue weighted by Crippen LogP contribution is -2.45. The Labute approximate surface area is 135 Å². The molecule has 6 heteroatoms. The Hall–Kier alpha value is -1.56. The van der Waals surface area contributed by atoms with Crippen LogP contribution in [0.5, 0.6) is 0 Å². The van der Waals surface area contributed by atoms with Crippen LogP contribution in [0.1, 0.15) is 33.3 Å². The number of hydrogen-bond acceptors (Lipinski definition) is 3. The van der Waals surface area contributed by atoms with E-state index >= 15 is 0 Å². The molecule has 1 aromatic rings. The zero-order valence-corrected chi connectivity index (χ0v) is 14.9. The van der Waals surface area contributed by atoms with E-state index in [1.165, 1.54) is 5.56 Å². The molecule has 0 aliphatic heterocycles. The molecule has 0 spiro atoms. The Bertz CT molecular complexity index is 441. The number of hydrogen-bond donors (Lipinski definition) is 2. The molecule has 1 heterocycles. The molecule has 0 aliphatic rings. The highest BCUT2D eigenvalue weighted by molar-refractivity contribution is 5.79. The van der Waals surface area contributed by atoms with E-state index in [1.54, 1.807) is 0 Å². The fourth-order valence-corrected chi connectivity index (χ4v) is 2.56. The first-order chi connectivity index (χ1) is 10.4. The number of aromatic nitrogens is 2. The van der Waals surface area contributed by atoms with Crippen molar-refractivity contribution in [2.24, 2.45) is 12.0 Å². The van der Waals surface area contributed by atoms with Gasteiger partial charge in [-0.2, -0.15) is 5.10 Å². The van der Waals surface area contributed by atoms with Gasteiger partial charge >= 0.3 is 0 Å². The minimum absolute atomic E-state index is 0.558. The molecule has 0 bridgehead atoms. The first kappa shape index (κ1) is 18.5. The maximum atomic E-state index is 4.27. The first-order valence-corrected chi connectivity index (χ1v) is 8.11. The number of aliphatic imine (C=N–C) groups is 1. The molecule has 1 aromatic heterocycles. The van der Waals surface area contributed by atoms with E-state index < -0.39 is 0 Å². The van der Waals surface area contributed by atoms with Gasteiger partial charge in [-0.15, -0.1) is 0 Å². The first-order valence-electron chi connectivity index (χ1n) is 8.11. The fourth-order valence-electron chi connectivity index (χ4n) is 2.56. The van der Waals surface area contributed by atoms with E-state index in [-0.39, 0.29) is 0 Å². The molecule has 2 N–H and O–H groups in total. The van der Waals surface area contributed by atoms with E-state index in [4.69, 9.17) is 0 Å². The Balaban J connectivity index is 2.27. The van der Waals surface area contributed by atoms with Crippen LogP contribution in [0.3, 0.4) is 0 Å². The summed E-state index contributed by atoms with van der Waals surface area (Å²) < 4.78 is 1.83. The van der Waals surface area contributed by atoms with Gasteiger partial charge in [-0.25, -0.2) is 0 Å². The third-order valence-electron chi connectivity index (χ3n) is 3.68. The molecule has 22 heavy (non-hydrogen) atoms. The molecule has 0 saturated heterocycles. The smallest absolute Gasteiger partial charge is 0.191 e. The monoisotopic (exact) mass is 308 g/mol. The van der Waals surface area contributed by atoms with Crippen molar-refractivity contribution < 1.29 is 0 Å². The van der Waals surface area contributed by atoms with Crippen molar-refractivity contribution in [1.29, 1.82) is 0 Å². The normalized spacial score (nSPS) is 12.5. The molecule has 0 saturated carbocycles. The quantitative estimate of drug-likeness (QED) is 0.560. The minimum Gasteiger partial charge on any atom is -0.356 e. The number of guanidine groups is 1. The molecule has 126 valence electrons. The average Bonchev–Trinajstić information content (AvgIpc) is 2.86. The zero-order valence-electron chi connectivity index (χ0n) is 14.9. The number of nitrogens with zero attached hydrogens (tertiary/aromatic N) is 4. The zero-order chi connectivity index (χ0) is 16.5. The molecule has 0 fully saturated rings. The predicted octanol–water partition coefficient (Wildman–Crippen LogP) is 1.25. The van der Waals surface area contributed by atoms with Crippen LogP contribution in [0.15, 0.2) is 17.4 Å². The second-order valence-corrected chi connectivity index (χ2v) is 6.12. The van der Waals surface area contributed by atoms with Crippen molar-refractivity contribution in [1.82, 2.24) is 25.3 Å². The lowest BCUT2D eigenvalue weighted by Gasteiger charge is -2.30. The van der Waals surface area contributed by atoms with Crippen LogP contribution in [-0.2, 0) is 13.5 Å². The van der Waals surface area contributed by atoms with Gasteiger partial charge in [0.15, 0.2) is 5.96 Å². The summed E-state index contributed by atoms with van der Waals surface area (Å²) in [7, 11) is 3.74. The van der Waals surface area contributed by atoms with Gasteiger partial charge in [0.2, 0.25) is 0 Å². The van der Waals surface area contributed by atoms with Gasteiger partial charge in [-0.1, -0.05) is 0 Å². The highest BCUT2D eigenvalue weighted by Gasteiger charge is 2.12. The summed E-state index contributed by atoms with van der Waals surface area (Å²) in [6.45, 7) is 11.7. The van der Waals surface area contributed by atoms with Crippen LogP contribution >= 0.6 is 0 Å². The van der Waals surface area contributed by atoms with E-state index in [1.807, 2.05) is 31.2 Å². The molecule has 0 atom stereocenters. The third kappa shape index (κ3) is 6.47. The van der Waals surface area contributed by atoms with Gasteiger partial charge in [0.1, 0.15) is 0 Å². The van der Waals surface area contributed by atoms with E-state index in [2.05, 4.69) is 53.3 Å². The summed E-state index contributed by atoms with van der Waals surface area (Å²) >= 11 is 0. The predicted molar refractivity (Wildman–Crippen MR) is 93.3 cm³/mol. The van der Waals surface area contributed by atoms with Crippen LogP contribution in [-0.4, -0.2) is 59.4 Å². The van der Waals surface area contributed by atoms with Crippen molar-refractivity contribution in [2.75, 3.05) is 26.7 Å². The van der Waals surface area contributed by atoms with Gasteiger partial charge in [0.25, 0.3) is 0 Å². The summed E-state index contributed by atoms with van der Waals surface area (Å²) in [6.07, 6.45) is 4.89. The van der Waals surface area contributed by atoms with Crippen LogP contribution in [0.25, 0.3) is 0 Å². The largest absolute Gasteiger partial charge is 0.356 e. The van der Waals surface area contributed by atoms with Crippen molar-refractivity contribution in [3.05, 3.63) is 18.0 Å². The topological polar surface area (TPSA) is 57.5 Å². The second kappa shape index (κ2) is 9.46. The molecule has 6 nitrogen and oxygen atoms in total. The minimum atomic E-state index is 0.558.